The van der Waals surface area contributed by atoms with Crippen molar-refractivity contribution in [3.8, 4) is 0 Å². The Morgan fingerprint density at radius 3 is 1.74 bits per heavy atom. The summed E-state index contributed by atoms with van der Waals surface area (Å²) >= 11 is 0. The molecule has 147 valence electrons. The molecule has 0 saturated carbocycles. The van der Waals surface area contributed by atoms with Gasteiger partial charge in [0.25, 0.3) is 9.04 Å². The molecule has 0 fully saturated rings. The van der Waals surface area contributed by atoms with E-state index in [0.29, 0.717) is 6.42 Å². The van der Waals surface area contributed by atoms with Crippen LogP contribution < -0.4 is 10.4 Å². The van der Waals surface area contributed by atoms with Gasteiger partial charge in [-0.25, -0.2) is 0 Å². The van der Waals surface area contributed by atoms with E-state index in [1.54, 1.807) is 0 Å². The predicted molar refractivity (Wildman–Crippen MR) is 114 cm³/mol. The molecule has 4 heteroatoms. The lowest BCUT2D eigenvalue weighted by molar-refractivity contribution is 0.0188. The van der Waals surface area contributed by atoms with Crippen LogP contribution in [0.25, 0.3) is 0 Å². The third-order valence-corrected chi connectivity index (χ3v) is 7.04. The maximum Gasteiger partial charge on any atom is 0.283 e. The van der Waals surface area contributed by atoms with Crippen LogP contribution in [0.4, 0.5) is 0 Å². The van der Waals surface area contributed by atoms with Crippen LogP contribution in [0, 0.1) is 11.3 Å². The van der Waals surface area contributed by atoms with Crippen LogP contribution in [0.1, 0.15) is 40.0 Å². The molecule has 0 amide bonds. The molecule has 1 radical (unpaired) electrons. The molecule has 1 unspecified atom stereocenters. The minimum absolute atomic E-state index is 0.00509. The molecule has 2 rings (SSSR count). The van der Waals surface area contributed by atoms with Gasteiger partial charge in [-0.15, -0.1) is 0 Å². The quantitative estimate of drug-likeness (QED) is 0.618. The molecule has 27 heavy (non-hydrogen) atoms. The van der Waals surface area contributed by atoms with Gasteiger partial charge in [-0.1, -0.05) is 81.4 Å². The molecule has 0 aliphatic carbocycles. The van der Waals surface area contributed by atoms with Crippen molar-refractivity contribution >= 4 is 19.4 Å². The van der Waals surface area contributed by atoms with Gasteiger partial charge in [0.15, 0.2) is 0 Å². The maximum absolute atomic E-state index is 9.61. The van der Waals surface area contributed by atoms with Crippen molar-refractivity contribution in [2.24, 2.45) is 11.3 Å². The molecule has 2 aromatic carbocycles. The Kier molecular flexibility index (Phi) is 8.70. The Hall–Kier alpha value is -1.46. The van der Waals surface area contributed by atoms with Crippen molar-refractivity contribution in [2.75, 3.05) is 13.2 Å². The van der Waals surface area contributed by atoms with Crippen molar-refractivity contribution < 1.29 is 14.6 Å². The number of aliphatic hydroxyl groups is 2. The molecule has 0 saturated heterocycles. The van der Waals surface area contributed by atoms with Crippen LogP contribution in [0.2, 0.25) is 0 Å². The minimum atomic E-state index is -1.41. The van der Waals surface area contributed by atoms with Crippen molar-refractivity contribution in [1.82, 2.24) is 0 Å². The number of hydrogen-bond donors (Lipinski definition) is 2. The zero-order valence-electron chi connectivity index (χ0n) is 16.8. The van der Waals surface area contributed by atoms with E-state index >= 15 is 0 Å². The Morgan fingerprint density at radius 1 is 0.815 bits per heavy atom. The average Bonchev–Trinajstić information content (AvgIpc) is 2.67. The summed E-state index contributed by atoms with van der Waals surface area (Å²) in [4.78, 5) is 0. The van der Waals surface area contributed by atoms with Gasteiger partial charge in [0, 0.05) is 13.2 Å². The van der Waals surface area contributed by atoms with Crippen LogP contribution in [0.3, 0.4) is 0 Å². The van der Waals surface area contributed by atoms with Crippen molar-refractivity contribution in [3.05, 3.63) is 60.7 Å². The third-order valence-electron chi connectivity index (χ3n) is 4.83. The molecule has 0 aliphatic rings. The summed E-state index contributed by atoms with van der Waals surface area (Å²) in [7, 11) is -1.41. The first-order valence-electron chi connectivity index (χ1n) is 9.83. The highest BCUT2D eigenvalue weighted by Crippen LogP contribution is 2.33. The second-order valence-corrected chi connectivity index (χ2v) is 10.2. The third kappa shape index (κ3) is 6.57. The van der Waals surface area contributed by atoms with Gasteiger partial charge in [-0.3, -0.25) is 0 Å². The van der Waals surface area contributed by atoms with Crippen molar-refractivity contribution in [2.45, 2.75) is 46.1 Å². The van der Waals surface area contributed by atoms with E-state index in [-0.39, 0.29) is 30.7 Å². The molecule has 2 N–H and O–H groups in total. The zero-order chi connectivity index (χ0) is 19.7. The summed E-state index contributed by atoms with van der Waals surface area (Å²) in [5.41, 5.74) is -0.0607. The number of rotatable bonds is 10. The topological polar surface area (TPSA) is 49.7 Å². The zero-order valence-corrected chi connectivity index (χ0v) is 17.8. The monoisotopic (exact) mass is 385 g/mol. The van der Waals surface area contributed by atoms with E-state index in [0.717, 1.165) is 12.8 Å². The first kappa shape index (κ1) is 21.8. The van der Waals surface area contributed by atoms with Gasteiger partial charge in [0.05, 0.1) is 6.10 Å². The molecule has 0 bridgehead atoms. The number of aliphatic hydroxyl groups excluding tert-OH is 2. The molecular weight excluding hydrogens is 352 g/mol. The van der Waals surface area contributed by atoms with E-state index in [2.05, 4.69) is 69.3 Å². The fourth-order valence-corrected chi connectivity index (χ4v) is 5.95. The minimum Gasteiger partial charge on any atom is -0.404 e. The van der Waals surface area contributed by atoms with Crippen molar-refractivity contribution in [1.29, 1.82) is 0 Å². The maximum atomic E-state index is 9.61. The molecular formula is C23H33O3Si. The number of benzene rings is 2. The Morgan fingerprint density at radius 2 is 1.33 bits per heavy atom. The summed E-state index contributed by atoms with van der Waals surface area (Å²) in [6, 6.07) is 20.9. The SMILES string of the molecule is CC(C)(C)C(O[Si](c1ccccc1)c1ccccc1)[C@H](CCO)CCCO. The molecule has 2 atom stereocenters. The smallest absolute Gasteiger partial charge is 0.283 e. The summed E-state index contributed by atoms with van der Waals surface area (Å²) in [5, 5.41) is 21.4. The largest absolute Gasteiger partial charge is 0.404 e. The van der Waals surface area contributed by atoms with Crippen LogP contribution >= 0.6 is 0 Å². The van der Waals surface area contributed by atoms with Gasteiger partial charge < -0.3 is 14.6 Å². The molecule has 3 nitrogen and oxygen atoms in total. The normalized spacial score (nSPS) is 14.3. The Labute approximate surface area is 165 Å². The predicted octanol–water partition coefficient (Wildman–Crippen LogP) is 2.99. The summed E-state index contributed by atoms with van der Waals surface area (Å²) in [6.45, 7) is 6.93. The van der Waals surface area contributed by atoms with Gasteiger partial charge in [-0.05, 0) is 41.0 Å². The van der Waals surface area contributed by atoms with Crippen LogP contribution in [0.15, 0.2) is 60.7 Å². The van der Waals surface area contributed by atoms with E-state index in [1.807, 2.05) is 12.1 Å². The highest BCUT2D eigenvalue weighted by molar-refractivity contribution is 6.80. The van der Waals surface area contributed by atoms with E-state index in [9.17, 15) is 10.2 Å². The second-order valence-electron chi connectivity index (χ2n) is 8.10. The van der Waals surface area contributed by atoms with Crippen LogP contribution in [0.5, 0.6) is 0 Å². The van der Waals surface area contributed by atoms with Gasteiger partial charge in [-0.2, -0.15) is 0 Å². The van der Waals surface area contributed by atoms with Gasteiger partial charge >= 0.3 is 0 Å². The van der Waals surface area contributed by atoms with E-state index < -0.39 is 9.04 Å². The van der Waals surface area contributed by atoms with Crippen molar-refractivity contribution in [3.63, 3.8) is 0 Å². The molecule has 0 heterocycles. The van der Waals surface area contributed by atoms with Gasteiger partial charge in [0.1, 0.15) is 0 Å². The fraction of sp³-hybridized carbons (Fsp3) is 0.478. The molecule has 2 aromatic rings. The summed E-state index contributed by atoms with van der Waals surface area (Å²) < 4.78 is 6.91. The summed E-state index contributed by atoms with van der Waals surface area (Å²) in [6.07, 6.45) is 2.29. The van der Waals surface area contributed by atoms with Gasteiger partial charge in [0.2, 0.25) is 0 Å². The second kappa shape index (κ2) is 10.8. The first-order chi connectivity index (χ1) is 13.0. The lowest BCUT2D eigenvalue weighted by Gasteiger charge is -2.39. The lowest BCUT2D eigenvalue weighted by Crippen LogP contribution is -2.51. The molecule has 0 aliphatic heterocycles. The molecule has 0 aromatic heterocycles. The highest BCUT2D eigenvalue weighted by Gasteiger charge is 2.36. The highest BCUT2D eigenvalue weighted by atomic mass is 28.3. The van der Waals surface area contributed by atoms with Crippen LogP contribution in [-0.2, 0) is 4.43 Å². The first-order valence-corrected chi connectivity index (χ1v) is 11.2. The Bertz CT molecular complexity index is 600. The van der Waals surface area contributed by atoms with Crippen LogP contribution in [-0.4, -0.2) is 38.6 Å². The number of hydrogen-bond acceptors (Lipinski definition) is 3. The van der Waals surface area contributed by atoms with E-state index in [1.165, 1.54) is 10.4 Å². The molecule has 0 spiro atoms. The standard InChI is InChI=1S/C23H33O3Si/c1-23(2,3)22(19(16-18-25)11-10-17-24)26-27(20-12-6-4-7-13-20)21-14-8-5-9-15-21/h4-9,12-15,19,22,24-25H,10-11,16-18H2,1-3H3/t19-,22?/m0/s1. The summed E-state index contributed by atoms with van der Waals surface area (Å²) in [5.74, 6) is 0.217. The Balaban J connectivity index is 2.37. The average molecular weight is 386 g/mol. The van der Waals surface area contributed by atoms with E-state index in [4.69, 9.17) is 4.43 Å². The fourth-order valence-electron chi connectivity index (χ4n) is 3.56. The lowest BCUT2D eigenvalue weighted by atomic mass is 9.78.